The summed E-state index contributed by atoms with van der Waals surface area (Å²) in [5, 5.41) is 1.03. The van der Waals surface area contributed by atoms with E-state index in [2.05, 4.69) is 10.4 Å². The number of ether oxygens (including phenoxy) is 1. The molecular formula is C14H17N3O2. The summed E-state index contributed by atoms with van der Waals surface area (Å²) >= 11 is 0. The number of amides is 1. The molecule has 0 fully saturated rings. The first-order chi connectivity index (χ1) is 9.24. The average molecular weight is 259 g/mol. The van der Waals surface area contributed by atoms with Crippen molar-refractivity contribution in [3.63, 3.8) is 0 Å². The molecule has 5 nitrogen and oxygen atoms in total. The van der Waals surface area contributed by atoms with Crippen molar-refractivity contribution in [3.05, 3.63) is 36.5 Å². The van der Waals surface area contributed by atoms with Crippen LogP contribution in [0.4, 0.5) is 0 Å². The van der Waals surface area contributed by atoms with Crippen LogP contribution in [0.5, 0.6) is 5.75 Å². The van der Waals surface area contributed by atoms with Crippen LogP contribution in [-0.2, 0) is 4.79 Å². The third-order valence-electron chi connectivity index (χ3n) is 2.84. The summed E-state index contributed by atoms with van der Waals surface area (Å²) in [7, 11) is 0. The van der Waals surface area contributed by atoms with E-state index in [9.17, 15) is 4.79 Å². The Kier molecular flexibility index (Phi) is 4.30. The normalized spacial score (nSPS) is 12.1. The molecule has 1 amide bonds. The molecule has 0 saturated carbocycles. The monoisotopic (exact) mass is 259 g/mol. The lowest BCUT2D eigenvalue weighted by Gasteiger charge is -2.17. The third kappa shape index (κ3) is 3.20. The largest absolute Gasteiger partial charge is 0.480 e. The van der Waals surface area contributed by atoms with E-state index in [1.807, 2.05) is 37.3 Å². The zero-order chi connectivity index (χ0) is 13.7. The van der Waals surface area contributed by atoms with Crippen LogP contribution in [0.25, 0.3) is 10.9 Å². The molecule has 5 heteroatoms. The second kappa shape index (κ2) is 6.15. The molecule has 0 spiro atoms. The van der Waals surface area contributed by atoms with Gasteiger partial charge in [0, 0.05) is 17.6 Å². The molecule has 100 valence electrons. The quantitative estimate of drug-likeness (QED) is 0.487. The number of pyridine rings is 1. The second-order valence-corrected chi connectivity index (χ2v) is 4.26. The molecule has 0 aliphatic heterocycles. The fraction of sp³-hybridized carbons (Fsp3) is 0.286. The Bertz CT molecular complexity index is 571. The molecule has 0 aliphatic rings. The maximum Gasteiger partial charge on any atom is 0.274 e. The van der Waals surface area contributed by atoms with E-state index in [0.717, 1.165) is 17.3 Å². The van der Waals surface area contributed by atoms with Crippen molar-refractivity contribution in [1.29, 1.82) is 0 Å². The number of fused-ring (bicyclic) bond motifs is 1. The van der Waals surface area contributed by atoms with Gasteiger partial charge in [0.05, 0.1) is 5.52 Å². The van der Waals surface area contributed by atoms with Gasteiger partial charge in [0.2, 0.25) is 0 Å². The van der Waals surface area contributed by atoms with E-state index >= 15 is 0 Å². The molecule has 0 saturated heterocycles. The molecular weight excluding hydrogens is 242 g/mol. The van der Waals surface area contributed by atoms with Crippen molar-refractivity contribution in [1.82, 2.24) is 10.4 Å². The van der Waals surface area contributed by atoms with Gasteiger partial charge in [-0.25, -0.2) is 5.84 Å². The number of carbonyl (C=O) groups excluding carboxylic acids is 1. The van der Waals surface area contributed by atoms with E-state index < -0.39 is 6.10 Å². The second-order valence-electron chi connectivity index (χ2n) is 4.26. The van der Waals surface area contributed by atoms with Gasteiger partial charge in [-0.05, 0) is 24.6 Å². The molecule has 1 atom stereocenters. The minimum absolute atomic E-state index is 0.317. The number of hydrogen-bond acceptors (Lipinski definition) is 4. The SMILES string of the molecule is CCCC(Oc1ccc2cccnc2c1)C(=O)NN. The number of nitrogens with two attached hydrogens (primary N) is 1. The van der Waals surface area contributed by atoms with Crippen molar-refractivity contribution < 1.29 is 9.53 Å². The fourth-order valence-electron chi connectivity index (χ4n) is 1.88. The summed E-state index contributed by atoms with van der Waals surface area (Å²) in [4.78, 5) is 15.8. The standard InChI is InChI=1S/C14H17N3O2/c1-2-4-13(14(18)17-15)19-11-7-6-10-5-3-8-16-12(10)9-11/h3,5-9,13H,2,4,15H2,1H3,(H,17,18). The first kappa shape index (κ1) is 13.3. The first-order valence-corrected chi connectivity index (χ1v) is 6.26. The van der Waals surface area contributed by atoms with Gasteiger partial charge in [0.25, 0.3) is 5.91 Å². The summed E-state index contributed by atoms with van der Waals surface area (Å²) in [6.45, 7) is 1.99. The van der Waals surface area contributed by atoms with Crippen LogP contribution in [0, 0.1) is 0 Å². The summed E-state index contributed by atoms with van der Waals surface area (Å²) < 4.78 is 5.68. The maximum absolute atomic E-state index is 11.6. The Morgan fingerprint density at radius 2 is 2.32 bits per heavy atom. The molecule has 2 aromatic rings. The van der Waals surface area contributed by atoms with Crippen LogP contribution in [0.15, 0.2) is 36.5 Å². The highest BCUT2D eigenvalue weighted by Crippen LogP contribution is 2.20. The lowest BCUT2D eigenvalue weighted by atomic mass is 10.2. The molecule has 19 heavy (non-hydrogen) atoms. The van der Waals surface area contributed by atoms with Gasteiger partial charge in [-0.2, -0.15) is 0 Å². The van der Waals surface area contributed by atoms with Gasteiger partial charge in [0.15, 0.2) is 6.10 Å². The predicted molar refractivity (Wildman–Crippen MR) is 73.4 cm³/mol. The van der Waals surface area contributed by atoms with Gasteiger partial charge in [0.1, 0.15) is 5.75 Å². The zero-order valence-corrected chi connectivity index (χ0v) is 10.8. The van der Waals surface area contributed by atoms with Crippen LogP contribution in [-0.4, -0.2) is 17.0 Å². The number of carbonyl (C=O) groups is 1. The first-order valence-electron chi connectivity index (χ1n) is 6.26. The van der Waals surface area contributed by atoms with E-state index in [1.54, 1.807) is 6.20 Å². The Balaban J connectivity index is 2.21. The molecule has 1 aromatic carbocycles. The Hall–Kier alpha value is -2.14. The molecule has 2 rings (SSSR count). The minimum Gasteiger partial charge on any atom is -0.480 e. The molecule has 3 N–H and O–H groups in total. The van der Waals surface area contributed by atoms with Crippen LogP contribution in [0.3, 0.4) is 0 Å². The third-order valence-corrected chi connectivity index (χ3v) is 2.84. The van der Waals surface area contributed by atoms with Crippen LogP contribution < -0.4 is 16.0 Å². The maximum atomic E-state index is 11.6. The van der Waals surface area contributed by atoms with Crippen LogP contribution in [0.1, 0.15) is 19.8 Å². The molecule has 1 unspecified atom stereocenters. The topological polar surface area (TPSA) is 77.2 Å². The Morgan fingerprint density at radius 1 is 1.47 bits per heavy atom. The van der Waals surface area contributed by atoms with Gasteiger partial charge >= 0.3 is 0 Å². The zero-order valence-electron chi connectivity index (χ0n) is 10.8. The Morgan fingerprint density at radius 3 is 3.05 bits per heavy atom. The van der Waals surface area contributed by atoms with Crippen molar-refractivity contribution in [2.24, 2.45) is 5.84 Å². The van der Waals surface area contributed by atoms with Gasteiger partial charge in [-0.15, -0.1) is 0 Å². The number of benzene rings is 1. The number of hydrogen-bond donors (Lipinski definition) is 2. The number of aromatic nitrogens is 1. The summed E-state index contributed by atoms with van der Waals surface area (Å²) in [5.41, 5.74) is 2.96. The molecule has 0 aliphatic carbocycles. The number of hydrazine groups is 1. The summed E-state index contributed by atoms with van der Waals surface area (Å²) in [6, 6.07) is 9.42. The van der Waals surface area contributed by atoms with Crippen molar-refractivity contribution in [2.75, 3.05) is 0 Å². The molecule has 0 radical (unpaired) electrons. The average Bonchev–Trinajstić information content (AvgIpc) is 2.46. The van der Waals surface area contributed by atoms with Crippen molar-refractivity contribution in [3.8, 4) is 5.75 Å². The van der Waals surface area contributed by atoms with Crippen LogP contribution in [0.2, 0.25) is 0 Å². The number of rotatable bonds is 5. The molecule has 1 heterocycles. The van der Waals surface area contributed by atoms with Gasteiger partial charge in [-0.3, -0.25) is 15.2 Å². The summed E-state index contributed by atoms with van der Waals surface area (Å²) in [6.07, 6.45) is 2.60. The molecule has 1 aromatic heterocycles. The highest BCUT2D eigenvalue weighted by atomic mass is 16.5. The highest BCUT2D eigenvalue weighted by molar-refractivity contribution is 5.81. The number of nitrogens with zero attached hydrogens (tertiary/aromatic N) is 1. The molecule has 0 bridgehead atoms. The predicted octanol–water partition coefficient (Wildman–Crippen LogP) is 1.77. The van der Waals surface area contributed by atoms with Crippen molar-refractivity contribution in [2.45, 2.75) is 25.9 Å². The van der Waals surface area contributed by atoms with Gasteiger partial charge < -0.3 is 4.74 Å². The van der Waals surface area contributed by atoms with Crippen LogP contribution >= 0.6 is 0 Å². The highest BCUT2D eigenvalue weighted by Gasteiger charge is 2.18. The van der Waals surface area contributed by atoms with E-state index in [-0.39, 0.29) is 5.91 Å². The van der Waals surface area contributed by atoms with E-state index in [0.29, 0.717) is 12.2 Å². The smallest absolute Gasteiger partial charge is 0.274 e. The van der Waals surface area contributed by atoms with E-state index in [4.69, 9.17) is 10.6 Å². The summed E-state index contributed by atoms with van der Waals surface area (Å²) in [5.74, 6) is 5.46. The van der Waals surface area contributed by atoms with Crippen molar-refractivity contribution >= 4 is 16.8 Å². The van der Waals surface area contributed by atoms with E-state index in [1.165, 1.54) is 0 Å². The Labute approximate surface area is 111 Å². The minimum atomic E-state index is -0.573. The number of nitrogens with one attached hydrogen (secondary N) is 1. The lowest BCUT2D eigenvalue weighted by Crippen LogP contribution is -2.42. The van der Waals surface area contributed by atoms with Gasteiger partial charge in [-0.1, -0.05) is 19.4 Å². The lowest BCUT2D eigenvalue weighted by molar-refractivity contribution is -0.128. The fourth-order valence-corrected chi connectivity index (χ4v) is 1.88.